The van der Waals surface area contributed by atoms with Gasteiger partial charge in [-0.15, -0.1) is 0 Å². The second-order valence-electron chi connectivity index (χ2n) is 6.03. The van der Waals surface area contributed by atoms with Gasteiger partial charge in [0.2, 0.25) is 4.75 Å². The normalized spacial score (nSPS) is 23.0. The van der Waals surface area contributed by atoms with E-state index in [0.29, 0.717) is 5.16 Å². The zero-order chi connectivity index (χ0) is 16.7. The van der Waals surface area contributed by atoms with Crippen molar-refractivity contribution in [2.45, 2.75) is 42.7 Å². The van der Waals surface area contributed by atoms with Crippen molar-refractivity contribution in [3.63, 3.8) is 0 Å². The third-order valence-corrected chi connectivity index (χ3v) is 4.83. The van der Waals surface area contributed by atoms with Gasteiger partial charge in [-0.3, -0.25) is 0 Å². The van der Waals surface area contributed by atoms with Crippen LogP contribution >= 0.6 is 11.8 Å². The lowest BCUT2D eigenvalue weighted by atomic mass is 9.97. The van der Waals surface area contributed by atoms with Crippen LogP contribution in [0.5, 0.6) is 0 Å². The molecule has 122 valence electrons. The molecule has 0 spiro atoms. The van der Waals surface area contributed by atoms with Crippen LogP contribution in [0.2, 0.25) is 0 Å². The van der Waals surface area contributed by atoms with E-state index in [-0.39, 0.29) is 13.0 Å². The number of cyclic esters (lactones) is 1. The van der Waals surface area contributed by atoms with Crippen molar-refractivity contribution in [2.24, 2.45) is 0 Å². The van der Waals surface area contributed by atoms with Gasteiger partial charge in [-0.1, -0.05) is 23.9 Å². The Morgan fingerprint density at radius 1 is 1.43 bits per heavy atom. The number of hydrogen-bond acceptors (Lipinski definition) is 6. The molecule has 6 nitrogen and oxygen atoms in total. The largest absolute Gasteiger partial charge is 0.464 e. The molecule has 0 bridgehead atoms. The molecule has 1 N–H and O–H groups in total. The van der Waals surface area contributed by atoms with Crippen LogP contribution in [0.15, 0.2) is 29.4 Å². The number of hydrogen-bond donors (Lipinski definition) is 1. The molecule has 1 aliphatic heterocycles. The highest BCUT2D eigenvalue weighted by Crippen LogP contribution is 2.46. The summed E-state index contributed by atoms with van der Waals surface area (Å²) in [6.07, 6.45) is 0.235. The number of aromatic nitrogens is 2. The zero-order valence-corrected chi connectivity index (χ0v) is 14.0. The molecule has 1 unspecified atom stereocenters. The van der Waals surface area contributed by atoms with Crippen molar-refractivity contribution >= 4 is 34.7 Å². The van der Waals surface area contributed by atoms with Gasteiger partial charge in [-0.25, -0.2) is 14.6 Å². The van der Waals surface area contributed by atoms with Crippen LogP contribution in [0, 0.1) is 0 Å². The maximum atomic E-state index is 12.5. The highest BCUT2D eigenvalue weighted by molar-refractivity contribution is 8.02. The summed E-state index contributed by atoms with van der Waals surface area (Å²) in [5, 5.41) is 0.494. The zero-order valence-electron chi connectivity index (χ0n) is 13.2. The molecule has 0 radical (unpaired) electrons. The van der Waals surface area contributed by atoms with Gasteiger partial charge in [0.15, 0.2) is 5.16 Å². The van der Waals surface area contributed by atoms with Crippen molar-refractivity contribution in [3.8, 4) is 0 Å². The van der Waals surface area contributed by atoms with E-state index < -0.39 is 22.3 Å². The summed E-state index contributed by atoms with van der Waals surface area (Å²) in [5.74, 6) is -1.16. The van der Waals surface area contributed by atoms with Crippen molar-refractivity contribution in [2.75, 3.05) is 6.61 Å². The summed E-state index contributed by atoms with van der Waals surface area (Å²) in [7, 11) is 0. The number of benzene rings is 1. The number of nitrogens with one attached hydrogen (secondary N) is 1. The molecule has 23 heavy (non-hydrogen) atoms. The first-order chi connectivity index (χ1) is 10.9. The number of nitrogens with zero attached hydrogens (tertiary/aromatic N) is 1. The Hall–Kier alpha value is -2.02. The summed E-state index contributed by atoms with van der Waals surface area (Å²) >= 11 is 1.07. The molecule has 0 amide bonds. The van der Waals surface area contributed by atoms with Crippen molar-refractivity contribution < 1.29 is 19.1 Å². The van der Waals surface area contributed by atoms with E-state index in [0.717, 1.165) is 22.8 Å². The quantitative estimate of drug-likeness (QED) is 0.684. The summed E-state index contributed by atoms with van der Waals surface area (Å²) in [6.45, 7) is 5.48. The number of ether oxygens (including phenoxy) is 2. The van der Waals surface area contributed by atoms with Gasteiger partial charge in [0.05, 0.1) is 17.6 Å². The molecule has 0 saturated carbocycles. The second kappa shape index (κ2) is 5.56. The lowest BCUT2D eigenvalue weighted by molar-refractivity contribution is -0.155. The molecule has 1 aliphatic rings. The predicted molar refractivity (Wildman–Crippen MR) is 86.1 cm³/mol. The molecule has 1 saturated heterocycles. The van der Waals surface area contributed by atoms with E-state index in [1.165, 1.54) is 0 Å². The SMILES string of the molecule is CCOC(=O)C1(Sc2nc3ccccc3[nH]2)CC(C)(C)OC1=O. The molecule has 0 aliphatic carbocycles. The number of carbonyl (C=O) groups excluding carboxylic acids is 2. The average molecular weight is 334 g/mol. The van der Waals surface area contributed by atoms with Gasteiger partial charge in [-0.05, 0) is 32.9 Å². The number of aromatic amines is 1. The number of H-pyrrole nitrogens is 1. The van der Waals surface area contributed by atoms with E-state index in [4.69, 9.17) is 9.47 Å². The summed E-state index contributed by atoms with van der Waals surface area (Å²) in [5.41, 5.74) is 0.905. The number of thioether (sulfide) groups is 1. The predicted octanol–water partition coefficient (Wildman–Crippen LogP) is 2.68. The molecule has 1 atom stereocenters. The Labute approximate surface area is 137 Å². The van der Waals surface area contributed by atoms with Gasteiger partial charge >= 0.3 is 11.9 Å². The Balaban J connectivity index is 1.99. The number of esters is 2. The molecule has 2 heterocycles. The van der Waals surface area contributed by atoms with Crippen molar-refractivity contribution in [1.82, 2.24) is 9.97 Å². The van der Waals surface area contributed by atoms with Crippen LogP contribution in [-0.2, 0) is 19.1 Å². The maximum Gasteiger partial charge on any atom is 0.334 e. The number of carbonyl (C=O) groups is 2. The first-order valence-corrected chi connectivity index (χ1v) is 8.22. The highest BCUT2D eigenvalue weighted by Gasteiger charge is 2.60. The molecule has 7 heteroatoms. The fourth-order valence-electron chi connectivity index (χ4n) is 2.71. The monoisotopic (exact) mass is 334 g/mol. The maximum absolute atomic E-state index is 12.5. The third kappa shape index (κ3) is 2.81. The van der Waals surface area contributed by atoms with E-state index in [1.807, 2.05) is 24.3 Å². The minimum Gasteiger partial charge on any atom is -0.464 e. The Bertz CT molecular complexity index is 737. The molecule has 2 aromatic rings. The summed E-state index contributed by atoms with van der Waals surface area (Å²) in [4.78, 5) is 32.5. The fraction of sp³-hybridized carbons (Fsp3) is 0.438. The van der Waals surface area contributed by atoms with Crippen molar-refractivity contribution in [3.05, 3.63) is 24.3 Å². The first-order valence-electron chi connectivity index (χ1n) is 7.41. The second-order valence-corrected chi connectivity index (χ2v) is 7.32. The Morgan fingerprint density at radius 3 is 2.78 bits per heavy atom. The number of rotatable bonds is 4. The van der Waals surface area contributed by atoms with Crippen LogP contribution in [0.3, 0.4) is 0 Å². The van der Waals surface area contributed by atoms with E-state index >= 15 is 0 Å². The summed E-state index contributed by atoms with van der Waals surface area (Å²) in [6, 6.07) is 7.53. The van der Waals surface area contributed by atoms with Crippen LogP contribution in [0.1, 0.15) is 27.2 Å². The first kappa shape index (κ1) is 15.9. The highest BCUT2D eigenvalue weighted by atomic mass is 32.2. The van der Waals surface area contributed by atoms with Crippen LogP contribution < -0.4 is 0 Å². The van der Waals surface area contributed by atoms with E-state index in [2.05, 4.69) is 9.97 Å². The minimum absolute atomic E-state index is 0.203. The smallest absolute Gasteiger partial charge is 0.334 e. The molecule has 1 aromatic heterocycles. The van der Waals surface area contributed by atoms with E-state index in [1.54, 1.807) is 20.8 Å². The Kier molecular flexibility index (Phi) is 3.83. The van der Waals surface area contributed by atoms with Gasteiger partial charge in [0.25, 0.3) is 0 Å². The third-order valence-electron chi connectivity index (χ3n) is 3.62. The lowest BCUT2D eigenvalue weighted by Gasteiger charge is -2.21. The Morgan fingerprint density at radius 2 is 2.17 bits per heavy atom. The van der Waals surface area contributed by atoms with Crippen LogP contribution in [-0.4, -0.2) is 38.9 Å². The van der Waals surface area contributed by atoms with Crippen molar-refractivity contribution in [1.29, 1.82) is 0 Å². The molecular formula is C16H18N2O4S. The van der Waals surface area contributed by atoms with Crippen LogP contribution in [0.25, 0.3) is 11.0 Å². The lowest BCUT2D eigenvalue weighted by Crippen LogP contribution is -2.42. The minimum atomic E-state index is -1.42. The van der Waals surface area contributed by atoms with Gasteiger partial charge in [-0.2, -0.15) is 0 Å². The topological polar surface area (TPSA) is 81.3 Å². The number of imidazole rings is 1. The standard InChI is InChI=1S/C16H18N2O4S/c1-4-21-12(19)16(9-15(2,3)22-13(16)20)23-14-17-10-7-5-6-8-11(10)18-14/h5-8H,4,9H2,1-3H3,(H,17,18). The molecule has 1 fully saturated rings. The van der Waals surface area contributed by atoms with E-state index in [9.17, 15) is 9.59 Å². The molecular weight excluding hydrogens is 316 g/mol. The van der Waals surface area contributed by atoms with Gasteiger partial charge < -0.3 is 14.5 Å². The fourth-order valence-corrected chi connectivity index (χ4v) is 4.03. The number of fused-ring (bicyclic) bond motifs is 1. The van der Waals surface area contributed by atoms with Gasteiger partial charge in [0.1, 0.15) is 5.60 Å². The molecule has 1 aromatic carbocycles. The summed E-state index contributed by atoms with van der Waals surface area (Å²) < 4.78 is 9.09. The van der Waals surface area contributed by atoms with Crippen LogP contribution in [0.4, 0.5) is 0 Å². The van der Waals surface area contributed by atoms with Gasteiger partial charge in [0, 0.05) is 6.42 Å². The average Bonchev–Trinajstić information content (AvgIpc) is 2.97. The number of para-hydroxylation sites is 2. The molecule has 3 rings (SSSR count).